The van der Waals surface area contributed by atoms with Crippen LogP contribution in [0.4, 0.5) is 11.4 Å². The summed E-state index contributed by atoms with van der Waals surface area (Å²) in [7, 11) is 0. The molecule has 0 aromatic heterocycles. The number of ether oxygens (including phenoxy) is 1. The van der Waals surface area contributed by atoms with E-state index in [2.05, 4.69) is 10.6 Å². The maximum atomic E-state index is 11.0. The second-order valence-corrected chi connectivity index (χ2v) is 6.16. The third kappa shape index (κ3) is 5.32. The number of anilines is 2. The first kappa shape index (κ1) is 18.4. The minimum absolute atomic E-state index is 0.0922. The zero-order valence-electron chi connectivity index (χ0n) is 13.7. The lowest BCUT2D eigenvalue weighted by Crippen LogP contribution is -2.06. The Bertz CT molecular complexity index is 680. The summed E-state index contributed by atoms with van der Waals surface area (Å²) in [4.78, 5) is 11.0. The maximum Gasteiger partial charge on any atom is 0.221 e. The highest BCUT2D eigenvalue weighted by atomic mass is 35.5. The Morgan fingerprint density at radius 1 is 1.08 bits per heavy atom. The van der Waals surface area contributed by atoms with Crippen LogP contribution in [0.3, 0.4) is 0 Å². The third-order valence-corrected chi connectivity index (χ3v) is 3.77. The number of nitrogens with one attached hydrogen (secondary N) is 2. The summed E-state index contributed by atoms with van der Waals surface area (Å²) in [5.41, 5.74) is 2.65. The van der Waals surface area contributed by atoms with Crippen molar-refractivity contribution >= 4 is 40.5 Å². The van der Waals surface area contributed by atoms with Crippen LogP contribution in [0.15, 0.2) is 36.4 Å². The Kier molecular flexibility index (Phi) is 6.76. The summed E-state index contributed by atoms with van der Waals surface area (Å²) >= 11 is 12.5. The fraction of sp³-hybridized carbons (Fsp3) is 0.278. The molecule has 24 heavy (non-hydrogen) atoms. The molecule has 0 aliphatic carbocycles. The molecule has 0 radical (unpaired) electrons. The van der Waals surface area contributed by atoms with Gasteiger partial charge in [-0.3, -0.25) is 4.79 Å². The van der Waals surface area contributed by atoms with Crippen LogP contribution in [0.1, 0.15) is 25.8 Å². The standard InChI is InChI=1S/C18H20Cl2N2O2/c1-3-8-24-18-16(19)9-13(10-17(18)20)11-21-14-4-6-15(7-5-14)22-12(2)23/h4-7,9-10,21H,3,8,11H2,1-2H3,(H,22,23). The molecule has 0 saturated carbocycles. The second-order valence-electron chi connectivity index (χ2n) is 5.35. The van der Waals surface area contributed by atoms with Gasteiger partial charge in [-0.25, -0.2) is 0 Å². The van der Waals surface area contributed by atoms with Crippen molar-refractivity contribution in [2.75, 3.05) is 17.2 Å². The fourth-order valence-corrected chi connectivity index (χ4v) is 2.78. The van der Waals surface area contributed by atoms with Crippen molar-refractivity contribution in [2.45, 2.75) is 26.8 Å². The van der Waals surface area contributed by atoms with Crippen LogP contribution < -0.4 is 15.4 Å². The van der Waals surface area contributed by atoms with Crippen LogP contribution in [0.2, 0.25) is 10.0 Å². The molecule has 0 aliphatic heterocycles. The van der Waals surface area contributed by atoms with Gasteiger partial charge in [0.15, 0.2) is 5.75 Å². The summed E-state index contributed by atoms with van der Waals surface area (Å²) in [6.07, 6.45) is 0.893. The maximum absolute atomic E-state index is 11.0. The predicted molar refractivity (Wildman–Crippen MR) is 100 cm³/mol. The molecule has 2 N–H and O–H groups in total. The Morgan fingerprint density at radius 3 is 2.21 bits per heavy atom. The number of carbonyl (C=O) groups excluding carboxylic acids is 1. The predicted octanol–water partition coefficient (Wildman–Crippen LogP) is 5.35. The molecule has 2 rings (SSSR count). The lowest BCUT2D eigenvalue weighted by atomic mass is 10.2. The molecule has 1 amide bonds. The van der Waals surface area contributed by atoms with E-state index >= 15 is 0 Å². The quantitative estimate of drug-likeness (QED) is 0.693. The van der Waals surface area contributed by atoms with Crippen LogP contribution in [-0.4, -0.2) is 12.5 Å². The molecular weight excluding hydrogens is 347 g/mol. The van der Waals surface area contributed by atoms with Gasteiger partial charge in [0.05, 0.1) is 16.7 Å². The molecule has 0 fully saturated rings. The lowest BCUT2D eigenvalue weighted by molar-refractivity contribution is -0.114. The highest BCUT2D eigenvalue weighted by Crippen LogP contribution is 2.34. The molecule has 2 aromatic rings. The highest BCUT2D eigenvalue weighted by molar-refractivity contribution is 6.37. The Balaban J connectivity index is 2.00. The summed E-state index contributed by atoms with van der Waals surface area (Å²) in [5, 5.41) is 7.03. The molecule has 0 heterocycles. The summed E-state index contributed by atoms with van der Waals surface area (Å²) in [6, 6.07) is 11.2. The largest absolute Gasteiger partial charge is 0.490 e. The number of halogens is 2. The van der Waals surface area contributed by atoms with Gasteiger partial charge >= 0.3 is 0 Å². The molecule has 0 spiro atoms. The van der Waals surface area contributed by atoms with Gasteiger partial charge in [-0.05, 0) is 48.4 Å². The molecule has 0 aliphatic rings. The molecule has 0 saturated heterocycles. The van der Waals surface area contributed by atoms with E-state index < -0.39 is 0 Å². The number of hydrogen-bond donors (Lipinski definition) is 2. The van der Waals surface area contributed by atoms with Crippen LogP contribution in [0, 0.1) is 0 Å². The van der Waals surface area contributed by atoms with E-state index in [0.717, 1.165) is 23.4 Å². The highest BCUT2D eigenvalue weighted by Gasteiger charge is 2.09. The van der Waals surface area contributed by atoms with Gasteiger partial charge in [-0.2, -0.15) is 0 Å². The zero-order valence-corrected chi connectivity index (χ0v) is 15.2. The van der Waals surface area contributed by atoms with E-state index in [1.165, 1.54) is 6.92 Å². The topological polar surface area (TPSA) is 50.4 Å². The van der Waals surface area contributed by atoms with Crippen molar-refractivity contribution < 1.29 is 9.53 Å². The SMILES string of the molecule is CCCOc1c(Cl)cc(CNc2ccc(NC(C)=O)cc2)cc1Cl. The van der Waals surface area contributed by atoms with E-state index in [4.69, 9.17) is 27.9 Å². The fourth-order valence-electron chi connectivity index (χ4n) is 2.14. The van der Waals surface area contributed by atoms with Crippen LogP contribution in [0.5, 0.6) is 5.75 Å². The Morgan fingerprint density at radius 2 is 1.67 bits per heavy atom. The van der Waals surface area contributed by atoms with E-state index in [1.54, 1.807) is 0 Å². The number of rotatable bonds is 7. The molecular formula is C18H20Cl2N2O2. The average Bonchev–Trinajstić information content (AvgIpc) is 2.53. The van der Waals surface area contributed by atoms with Crippen LogP contribution in [-0.2, 0) is 11.3 Å². The second kappa shape index (κ2) is 8.81. The molecule has 0 bridgehead atoms. The van der Waals surface area contributed by atoms with Gasteiger partial charge in [0.2, 0.25) is 5.91 Å². The number of hydrogen-bond acceptors (Lipinski definition) is 3. The minimum atomic E-state index is -0.0922. The summed E-state index contributed by atoms with van der Waals surface area (Å²) < 4.78 is 5.56. The molecule has 4 nitrogen and oxygen atoms in total. The first-order valence-corrected chi connectivity index (χ1v) is 8.47. The van der Waals surface area contributed by atoms with Gasteiger partial charge in [-0.15, -0.1) is 0 Å². The van der Waals surface area contributed by atoms with Crippen molar-refractivity contribution in [3.63, 3.8) is 0 Å². The average molecular weight is 367 g/mol. The Labute approximate surface area is 152 Å². The number of benzene rings is 2. The van der Waals surface area contributed by atoms with Crippen molar-refractivity contribution in [1.29, 1.82) is 0 Å². The third-order valence-electron chi connectivity index (χ3n) is 3.21. The summed E-state index contributed by atoms with van der Waals surface area (Å²) in [5.74, 6) is 0.439. The first-order chi connectivity index (χ1) is 11.5. The van der Waals surface area contributed by atoms with Gasteiger partial charge in [0.1, 0.15) is 0 Å². The van der Waals surface area contributed by atoms with E-state index in [9.17, 15) is 4.79 Å². The monoisotopic (exact) mass is 366 g/mol. The molecule has 0 atom stereocenters. The normalized spacial score (nSPS) is 10.3. The van der Waals surface area contributed by atoms with Crippen LogP contribution in [0.25, 0.3) is 0 Å². The van der Waals surface area contributed by atoms with E-state index in [1.807, 2.05) is 43.3 Å². The molecule has 6 heteroatoms. The van der Waals surface area contributed by atoms with Gasteiger partial charge in [0, 0.05) is 24.8 Å². The lowest BCUT2D eigenvalue weighted by Gasteiger charge is -2.12. The van der Waals surface area contributed by atoms with Crippen LogP contribution >= 0.6 is 23.2 Å². The van der Waals surface area contributed by atoms with E-state index in [0.29, 0.717) is 28.9 Å². The minimum Gasteiger partial charge on any atom is -0.490 e. The van der Waals surface area contributed by atoms with E-state index in [-0.39, 0.29) is 5.91 Å². The van der Waals surface area contributed by atoms with Gasteiger partial charge in [0.25, 0.3) is 0 Å². The molecule has 128 valence electrons. The molecule has 0 unspecified atom stereocenters. The van der Waals surface area contributed by atoms with Crippen molar-refractivity contribution in [1.82, 2.24) is 0 Å². The number of amides is 1. The first-order valence-electron chi connectivity index (χ1n) is 7.72. The van der Waals surface area contributed by atoms with Crippen molar-refractivity contribution in [2.24, 2.45) is 0 Å². The number of carbonyl (C=O) groups is 1. The van der Waals surface area contributed by atoms with Gasteiger partial charge in [-0.1, -0.05) is 30.1 Å². The smallest absolute Gasteiger partial charge is 0.221 e. The zero-order chi connectivity index (χ0) is 17.5. The molecule has 2 aromatic carbocycles. The van der Waals surface area contributed by atoms with Gasteiger partial charge < -0.3 is 15.4 Å². The summed E-state index contributed by atoms with van der Waals surface area (Å²) in [6.45, 7) is 4.66. The Hall–Kier alpha value is -1.91. The van der Waals surface area contributed by atoms with Crippen molar-refractivity contribution in [3.8, 4) is 5.75 Å². The van der Waals surface area contributed by atoms with Crippen molar-refractivity contribution in [3.05, 3.63) is 52.0 Å².